The Kier molecular flexibility index (Phi) is 6.90. The average molecular weight is 476 g/mol. The van der Waals surface area contributed by atoms with E-state index in [-0.39, 0.29) is 17.6 Å². The van der Waals surface area contributed by atoms with Gasteiger partial charge in [-0.15, -0.1) is 11.3 Å². The maximum absolute atomic E-state index is 13.7. The molecule has 2 aliphatic carbocycles. The van der Waals surface area contributed by atoms with Crippen molar-refractivity contribution in [2.24, 2.45) is 0 Å². The van der Waals surface area contributed by atoms with Crippen LogP contribution in [0.3, 0.4) is 0 Å². The van der Waals surface area contributed by atoms with Crippen LogP contribution < -0.4 is 5.56 Å². The lowest BCUT2D eigenvalue weighted by Gasteiger charge is -2.31. The molecule has 2 fully saturated rings. The van der Waals surface area contributed by atoms with Crippen molar-refractivity contribution in [3.05, 3.63) is 20.8 Å². The topological polar surface area (TPSA) is 64.4 Å². The minimum Gasteiger partial charge on any atom is -0.376 e. The number of hydrogen-bond donors (Lipinski definition) is 0. The first-order valence-electron chi connectivity index (χ1n) is 12.2. The van der Waals surface area contributed by atoms with E-state index in [4.69, 9.17) is 9.72 Å². The number of carbonyl (C=O) groups excluding carboxylic acids is 1. The molecule has 5 rings (SSSR count). The van der Waals surface area contributed by atoms with Gasteiger partial charge in [-0.1, -0.05) is 31.0 Å². The Labute approximate surface area is 197 Å². The molecule has 0 N–H and O–H groups in total. The zero-order chi connectivity index (χ0) is 22.1. The van der Waals surface area contributed by atoms with E-state index >= 15 is 0 Å². The Balaban J connectivity index is 1.42. The van der Waals surface area contributed by atoms with Crippen LogP contribution in [0.5, 0.6) is 0 Å². The Morgan fingerprint density at radius 3 is 2.75 bits per heavy atom. The van der Waals surface area contributed by atoms with Gasteiger partial charge in [0.2, 0.25) is 5.91 Å². The number of thioether (sulfide) groups is 1. The molecule has 8 heteroatoms. The van der Waals surface area contributed by atoms with Crippen molar-refractivity contribution >= 4 is 39.2 Å². The second-order valence-electron chi connectivity index (χ2n) is 9.42. The van der Waals surface area contributed by atoms with Gasteiger partial charge < -0.3 is 9.64 Å². The average Bonchev–Trinajstić information content (AvgIpc) is 3.47. The van der Waals surface area contributed by atoms with Crippen LogP contribution in [-0.4, -0.2) is 51.9 Å². The number of thiophene rings is 1. The molecular weight excluding hydrogens is 442 g/mol. The fraction of sp³-hybridized carbons (Fsp3) is 0.708. The van der Waals surface area contributed by atoms with Gasteiger partial charge in [0.25, 0.3) is 5.56 Å². The van der Waals surface area contributed by atoms with Crippen LogP contribution in [-0.2, 0) is 28.9 Å². The van der Waals surface area contributed by atoms with E-state index in [1.54, 1.807) is 15.9 Å². The van der Waals surface area contributed by atoms with E-state index in [1.165, 1.54) is 47.9 Å². The van der Waals surface area contributed by atoms with Crippen molar-refractivity contribution in [1.29, 1.82) is 0 Å². The van der Waals surface area contributed by atoms with Gasteiger partial charge in [-0.05, 0) is 56.9 Å². The Morgan fingerprint density at radius 1 is 1.16 bits per heavy atom. The monoisotopic (exact) mass is 475 g/mol. The SMILES string of the molecule is CN(C(=O)CSc1nc2sc3c(c2c(=O)n1C[C@H]1CCCO1)CCCC3)C1CCCCC1. The number of carbonyl (C=O) groups is 1. The van der Waals surface area contributed by atoms with Crippen LogP contribution in [0.1, 0.15) is 68.2 Å². The normalized spacial score (nSPS) is 21.7. The number of aryl methyl sites for hydroxylation is 2. The van der Waals surface area contributed by atoms with Crippen LogP contribution in [0.15, 0.2) is 9.95 Å². The molecule has 0 radical (unpaired) electrons. The van der Waals surface area contributed by atoms with Crippen molar-refractivity contribution in [2.45, 2.75) is 94.5 Å². The highest BCUT2D eigenvalue weighted by Crippen LogP contribution is 2.35. The summed E-state index contributed by atoms with van der Waals surface area (Å²) in [5.74, 6) is 0.451. The highest BCUT2D eigenvalue weighted by Gasteiger charge is 2.26. The van der Waals surface area contributed by atoms with E-state index < -0.39 is 0 Å². The molecule has 1 saturated carbocycles. The molecule has 174 valence electrons. The number of amides is 1. The fourth-order valence-electron chi connectivity index (χ4n) is 5.38. The summed E-state index contributed by atoms with van der Waals surface area (Å²) in [4.78, 5) is 35.7. The van der Waals surface area contributed by atoms with E-state index in [1.807, 2.05) is 11.9 Å². The summed E-state index contributed by atoms with van der Waals surface area (Å²) in [5, 5.41) is 1.49. The van der Waals surface area contributed by atoms with Crippen LogP contribution in [0.25, 0.3) is 10.2 Å². The smallest absolute Gasteiger partial charge is 0.263 e. The van der Waals surface area contributed by atoms with E-state index in [0.29, 0.717) is 23.5 Å². The summed E-state index contributed by atoms with van der Waals surface area (Å²) in [5.41, 5.74) is 1.28. The maximum atomic E-state index is 13.7. The Bertz CT molecular complexity index is 1040. The third kappa shape index (κ3) is 4.50. The van der Waals surface area contributed by atoms with Crippen molar-refractivity contribution in [3.8, 4) is 0 Å². The highest BCUT2D eigenvalue weighted by molar-refractivity contribution is 7.99. The molecule has 32 heavy (non-hydrogen) atoms. The molecule has 1 aliphatic heterocycles. The Hall–Kier alpha value is -1.38. The third-order valence-corrected chi connectivity index (χ3v) is 9.44. The van der Waals surface area contributed by atoms with Crippen LogP contribution in [0.2, 0.25) is 0 Å². The predicted octanol–water partition coefficient (Wildman–Crippen LogP) is 4.40. The lowest BCUT2D eigenvalue weighted by molar-refractivity contribution is -0.129. The lowest BCUT2D eigenvalue weighted by Crippen LogP contribution is -2.39. The number of nitrogens with zero attached hydrogens (tertiary/aromatic N) is 3. The molecule has 0 unspecified atom stereocenters. The first kappa shape index (κ1) is 22.4. The number of ether oxygens (including phenoxy) is 1. The minimum atomic E-state index is 0.0560. The van der Waals surface area contributed by atoms with Gasteiger partial charge in [0, 0.05) is 24.6 Å². The molecule has 0 aromatic carbocycles. The molecule has 3 heterocycles. The third-order valence-electron chi connectivity index (χ3n) is 7.29. The largest absolute Gasteiger partial charge is 0.376 e. The Morgan fingerprint density at radius 2 is 1.97 bits per heavy atom. The lowest BCUT2D eigenvalue weighted by atomic mass is 9.94. The summed E-state index contributed by atoms with van der Waals surface area (Å²) in [6, 6.07) is 0.352. The standard InChI is InChI=1S/C24H33N3O3S2/c1-26(16-8-3-2-4-9-16)20(28)15-31-24-25-22-21(18-11-5-6-12-19(18)32-22)23(29)27(24)14-17-10-7-13-30-17/h16-17H,2-15H2,1H3/t17-/m1/s1. The molecule has 1 amide bonds. The van der Waals surface area contributed by atoms with Crippen molar-refractivity contribution in [2.75, 3.05) is 19.4 Å². The molecule has 0 bridgehead atoms. The van der Waals surface area contributed by atoms with Gasteiger partial charge in [-0.2, -0.15) is 0 Å². The molecule has 2 aromatic heterocycles. The van der Waals surface area contributed by atoms with E-state index in [0.717, 1.165) is 61.8 Å². The van der Waals surface area contributed by atoms with Crippen molar-refractivity contribution in [3.63, 3.8) is 0 Å². The minimum absolute atomic E-state index is 0.0560. The number of fused-ring (bicyclic) bond motifs is 3. The number of hydrogen-bond acceptors (Lipinski definition) is 6. The van der Waals surface area contributed by atoms with Gasteiger partial charge in [0.1, 0.15) is 4.83 Å². The second-order valence-corrected chi connectivity index (χ2v) is 11.4. The summed E-state index contributed by atoms with van der Waals surface area (Å²) < 4.78 is 7.65. The molecule has 1 atom stereocenters. The summed E-state index contributed by atoms with van der Waals surface area (Å²) >= 11 is 3.10. The summed E-state index contributed by atoms with van der Waals surface area (Å²) in [7, 11) is 1.93. The first-order chi connectivity index (χ1) is 15.6. The van der Waals surface area contributed by atoms with Crippen molar-refractivity contribution in [1.82, 2.24) is 14.5 Å². The first-order valence-corrected chi connectivity index (χ1v) is 14.0. The molecule has 0 spiro atoms. The number of rotatable bonds is 6. The zero-order valence-corrected chi connectivity index (χ0v) is 20.6. The van der Waals surface area contributed by atoms with Gasteiger partial charge in [-0.25, -0.2) is 4.98 Å². The van der Waals surface area contributed by atoms with Crippen molar-refractivity contribution < 1.29 is 9.53 Å². The highest BCUT2D eigenvalue weighted by atomic mass is 32.2. The summed E-state index contributed by atoms with van der Waals surface area (Å²) in [6.45, 7) is 1.29. The quantitative estimate of drug-likeness (QED) is 0.458. The molecule has 6 nitrogen and oxygen atoms in total. The molecule has 2 aromatic rings. The van der Waals surface area contributed by atoms with Gasteiger partial charge in [0.05, 0.1) is 23.8 Å². The van der Waals surface area contributed by atoms with Crippen LogP contribution >= 0.6 is 23.1 Å². The maximum Gasteiger partial charge on any atom is 0.263 e. The van der Waals surface area contributed by atoms with E-state index in [2.05, 4.69) is 0 Å². The van der Waals surface area contributed by atoms with Gasteiger partial charge in [0.15, 0.2) is 5.16 Å². The molecular formula is C24H33N3O3S2. The fourth-order valence-corrected chi connectivity index (χ4v) is 7.62. The van der Waals surface area contributed by atoms with E-state index in [9.17, 15) is 9.59 Å². The molecule has 3 aliphatic rings. The predicted molar refractivity (Wildman–Crippen MR) is 130 cm³/mol. The van der Waals surface area contributed by atoms with Crippen LogP contribution in [0, 0.1) is 0 Å². The zero-order valence-electron chi connectivity index (χ0n) is 18.9. The second kappa shape index (κ2) is 9.85. The van der Waals surface area contributed by atoms with Crippen LogP contribution in [0.4, 0.5) is 0 Å². The number of aromatic nitrogens is 2. The summed E-state index contributed by atoms with van der Waals surface area (Å²) in [6.07, 6.45) is 12.3. The van der Waals surface area contributed by atoms with Gasteiger partial charge >= 0.3 is 0 Å². The molecule has 1 saturated heterocycles. The van der Waals surface area contributed by atoms with Gasteiger partial charge in [-0.3, -0.25) is 14.2 Å².